The van der Waals surface area contributed by atoms with Crippen LogP contribution >= 0.6 is 11.6 Å². The molecule has 0 saturated carbocycles. The van der Waals surface area contributed by atoms with Gasteiger partial charge in [0.15, 0.2) is 6.10 Å². The largest absolute Gasteiger partial charge is 0.481 e. The lowest BCUT2D eigenvalue weighted by molar-refractivity contribution is -0.127. The summed E-state index contributed by atoms with van der Waals surface area (Å²) in [4.78, 5) is 49.6. The highest BCUT2D eigenvalue weighted by Crippen LogP contribution is 2.21. The standard InChI is InChI=1S/C21H20ClN3O5/c1-13(30-15-8-6-14(22)7-9-15)19(27)24-11-10-23-18(26)12-25-20(28)16-4-2-3-5-17(16)21(25)29/h2-9,13H,10-12H2,1H3,(H,23,26)(H,24,27). The zero-order chi connectivity index (χ0) is 21.7. The van der Waals surface area contributed by atoms with Crippen molar-refractivity contribution in [2.24, 2.45) is 0 Å². The molecule has 0 bridgehead atoms. The van der Waals surface area contributed by atoms with Gasteiger partial charge < -0.3 is 15.4 Å². The van der Waals surface area contributed by atoms with Gasteiger partial charge in [-0.15, -0.1) is 0 Å². The van der Waals surface area contributed by atoms with Crippen molar-refractivity contribution in [1.82, 2.24) is 15.5 Å². The molecule has 4 amide bonds. The van der Waals surface area contributed by atoms with Crippen LogP contribution in [-0.2, 0) is 9.59 Å². The fraction of sp³-hybridized carbons (Fsp3) is 0.238. The number of rotatable bonds is 8. The second-order valence-electron chi connectivity index (χ2n) is 6.60. The molecule has 0 aromatic heterocycles. The molecule has 0 saturated heterocycles. The molecule has 0 radical (unpaired) electrons. The lowest BCUT2D eigenvalue weighted by Crippen LogP contribution is -2.44. The van der Waals surface area contributed by atoms with E-state index in [0.717, 1.165) is 4.90 Å². The van der Waals surface area contributed by atoms with Gasteiger partial charge in [-0.25, -0.2) is 0 Å². The minimum absolute atomic E-state index is 0.140. The molecule has 1 heterocycles. The summed E-state index contributed by atoms with van der Waals surface area (Å²) in [7, 11) is 0. The number of carbonyl (C=O) groups is 4. The molecule has 1 unspecified atom stereocenters. The third kappa shape index (κ3) is 4.96. The van der Waals surface area contributed by atoms with E-state index in [1.54, 1.807) is 55.5 Å². The molecule has 2 aromatic carbocycles. The van der Waals surface area contributed by atoms with E-state index in [9.17, 15) is 19.2 Å². The van der Waals surface area contributed by atoms with E-state index in [4.69, 9.17) is 16.3 Å². The van der Waals surface area contributed by atoms with Crippen LogP contribution in [0, 0.1) is 0 Å². The monoisotopic (exact) mass is 429 g/mol. The lowest BCUT2D eigenvalue weighted by Gasteiger charge is -2.16. The minimum Gasteiger partial charge on any atom is -0.481 e. The first-order valence-electron chi connectivity index (χ1n) is 9.28. The molecule has 156 valence electrons. The normalized spacial score (nSPS) is 13.6. The average molecular weight is 430 g/mol. The predicted octanol–water partition coefficient (Wildman–Crippen LogP) is 1.64. The Morgan fingerprint density at radius 2 is 1.53 bits per heavy atom. The summed E-state index contributed by atoms with van der Waals surface area (Å²) in [5, 5.41) is 5.78. The van der Waals surface area contributed by atoms with Crippen LogP contribution < -0.4 is 15.4 Å². The second-order valence-corrected chi connectivity index (χ2v) is 7.03. The first kappa shape index (κ1) is 21.3. The van der Waals surface area contributed by atoms with Crippen molar-refractivity contribution in [3.05, 3.63) is 64.7 Å². The molecule has 1 aliphatic rings. The number of nitrogens with one attached hydrogen (secondary N) is 2. The van der Waals surface area contributed by atoms with Crippen LogP contribution in [0.15, 0.2) is 48.5 Å². The molecular weight excluding hydrogens is 410 g/mol. The van der Waals surface area contributed by atoms with E-state index in [1.165, 1.54) is 0 Å². The summed E-state index contributed by atoms with van der Waals surface area (Å²) in [6, 6.07) is 13.1. The number of imide groups is 1. The summed E-state index contributed by atoms with van der Waals surface area (Å²) in [6.45, 7) is 1.53. The Labute approximate surface area is 178 Å². The van der Waals surface area contributed by atoms with Crippen molar-refractivity contribution in [2.75, 3.05) is 19.6 Å². The Kier molecular flexibility index (Phi) is 6.68. The Balaban J connectivity index is 1.39. The molecule has 0 fully saturated rings. The third-order valence-electron chi connectivity index (χ3n) is 4.42. The molecular formula is C21H20ClN3O5. The van der Waals surface area contributed by atoms with Gasteiger partial charge in [0.25, 0.3) is 17.7 Å². The average Bonchev–Trinajstić information content (AvgIpc) is 2.98. The summed E-state index contributed by atoms with van der Waals surface area (Å²) in [5.41, 5.74) is 0.578. The molecule has 9 heteroatoms. The molecule has 1 aliphatic heterocycles. The van der Waals surface area contributed by atoms with Crippen molar-refractivity contribution >= 4 is 35.2 Å². The Bertz CT molecular complexity index is 942. The smallest absolute Gasteiger partial charge is 0.262 e. The number of hydrogen-bond donors (Lipinski definition) is 2. The maximum absolute atomic E-state index is 12.3. The number of fused-ring (bicyclic) bond motifs is 1. The first-order valence-corrected chi connectivity index (χ1v) is 9.66. The quantitative estimate of drug-likeness (QED) is 0.490. The summed E-state index contributed by atoms with van der Waals surface area (Å²) < 4.78 is 5.51. The highest BCUT2D eigenvalue weighted by atomic mass is 35.5. The number of ether oxygens (including phenoxy) is 1. The highest BCUT2D eigenvalue weighted by Gasteiger charge is 2.36. The van der Waals surface area contributed by atoms with Crippen molar-refractivity contribution < 1.29 is 23.9 Å². The van der Waals surface area contributed by atoms with E-state index in [-0.39, 0.29) is 36.7 Å². The zero-order valence-electron chi connectivity index (χ0n) is 16.2. The Morgan fingerprint density at radius 1 is 0.967 bits per heavy atom. The van der Waals surface area contributed by atoms with E-state index < -0.39 is 23.8 Å². The highest BCUT2D eigenvalue weighted by molar-refractivity contribution is 6.30. The van der Waals surface area contributed by atoms with Crippen LogP contribution in [0.1, 0.15) is 27.6 Å². The Morgan fingerprint density at radius 3 is 2.13 bits per heavy atom. The van der Waals surface area contributed by atoms with E-state index in [1.807, 2.05) is 0 Å². The van der Waals surface area contributed by atoms with E-state index >= 15 is 0 Å². The van der Waals surface area contributed by atoms with Gasteiger partial charge in [-0.05, 0) is 43.3 Å². The number of hydrogen-bond acceptors (Lipinski definition) is 5. The molecule has 0 spiro atoms. The van der Waals surface area contributed by atoms with E-state index in [0.29, 0.717) is 10.8 Å². The van der Waals surface area contributed by atoms with Gasteiger partial charge in [-0.1, -0.05) is 23.7 Å². The molecule has 0 aliphatic carbocycles. The molecule has 8 nitrogen and oxygen atoms in total. The number of carbonyl (C=O) groups excluding carboxylic acids is 4. The molecule has 30 heavy (non-hydrogen) atoms. The van der Waals surface area contributed by atoms with Gasteiger partial charge in [0.1, 0.15) is 12.3 Å². The topological polar surface area (TPSA) is 105 Å². The van der Waals surface area contributed by atoms with Crippen molar-refractivity contribution in [3.63, 3.8) is 0 Å². The first-order chi connectivity index (χ1) is 14.4. The fourth-order valence-electron chi connectivity index (χ4n) is 2.88. The Hall–Kier alpha value is -3.39. The minimum atomic E-state index is -0.736. The number of benzene rings is 2. The molecule has 3 rings (SSSR count). The van der Waals surface area contributed by atoms with Gasteiger partial charge in [-0.3, -0.25) is 24.1 Å². The maximum atomic E-state index is 12.3. The van der Waals surface area contributed by atoms with Crippen LogP contribution in [0.4, 0.5) is 0 Å². The van der Waals surface area contributed by atoms with Gasteiger partial charge in [-0.2, -0.15) is 0 Å². The second kappa shape index (κ2) is 9.41. The predicted molar refractivity (Wildman–Crippen MR) is 109 cm³/mol. The van der Waals surface area contributed by atoms with Crippen LogP contribution in [0.2, 0.25) is 5.02 Å². The maximum Gasteiger partial charge on any atom is 0.262 e. The van der Waals surface area contributed by atoms with Crippen molar-refractivity contribution in [1.29, 1.82) is 0 Å². The number of nitrogens with zero attached hydrogens (tertiary/aromatic N) is 1. The number of halogens is 1. The van der Waals surface area contributed by atoms with E-state index in [2.05, 4.69) is 10.6 Å². The van der Waals surface area contributed by atoms with Gasteiger partial charge in [0, 0.05) is 18.1 Å². The van der Waals surface area contributed by atoms with Crippen LogP contribution in [-0.4, -0.2) is 54.3 Å². The summed E-state index contributed by atoms with van der Waals surface area (Å²) in [6.07, 6.45) is -0.736. The van der Waals surface area contributed by atoms with Gasteiger partial charge in [0.2, 0.25) is 5.91 Å². The zero-order valence-corrected chi connectivity index (χ0v) is 16.9. The number of amides is 4. The van der Waals surface area contributed by atoms with Crippen molar-refractivity contribution in [3.8, 4) is 5.75 Å². The fourth-order valence-corrected chi connectivity index (χ4v) is 3.01. The lowest BCUT2D eigenvalue weighted by atomic mass is 10.1. The van der Waals surface area contributed by atoms with Crippen LogP contribution in [0.3, 0.4) is 0 Å². The van der Waals surface area contributed by atoms with Gasteiger partial charge in [0.05, 0.1) is 11.1 Å². The summed E-state index contributed by atoms with van der Waals surface area (Å²) in [5.74, 6) is -1.32. The van der Waals surface area contributed by atoms with Crippen LogP contribution in [0.25, 0.3) is 0 Å². The third-order valence-corrected chi connectivity index (χ3v) is 4.67. The van der Waals surface area contributed by atoms with Crippen LogP contribution in [0.5, 0.6) is 5.75 Å². The van der Waals surface area contributed by atoms with Crippen molar-refractivity contribution in [2.45, 2.75) is 13.0 Å². The van der Waals surface area contributed by atoms with Gasteiger partial charge >= 0.3 is 0 Å². The SMILES string of the molecule is CC(Oc1ccc(Cl)cc1)C(=O)NCCNC(=O)CN1C(=O)c2ccccc2C1=O. The summed E-state index contributed by atoms with van der Waals surface area (Å²) >= 11 is 5.80. The molecule has 1 atom stereocenters. The molecule has 2 aromatic rings. The molecule has 2 N–H and O–H groups in total.